The van der Waals surface area contributed by atoms with E-state index in [1.807, 2.05) is 18.3 Å². The molecule has 0 bridgehead atoms. The van der Waals surface area contributed by atoms with E-state index in [-0.39, 0.29) is 6.04 Å². The quantitative estimate of drug-likeness (QED) is 0.900. The molecule has 0 amide bonds. The van der Waals surface area contributed by atoms with Gasteiger partial charge in [0, 0.05) is 31.5 Å². The van der Waals surface area contributed by atoms with Crippen molar-refractivity contribution in [2.24, 2.45) is 0 Å². The van der Waals surface area contributed by atoms with Crippen LogP contribution in [0.1, 0.15) is 35.9 Å². The maximum absolute atomic E-state index is 5.72. The van der Waals surface area contributed by atoms with E-state index in [9.17, 15) is 0 Å². The molecule has 5 nitrogen and oxygen atoms in total. The van der Waals surface area contributed by atoms with Gasteiger partial charge in [-0.2, -0.15) is 0 Å². The topological polar surface area (TPSA) is 69.4 Å². The predicted octanol–water partition coefficient (Wildman–Crippen LogP) is 2.89. The van der Waals surface area contributed by atoms with E-state index in [1.54, 1.807) is 0 Å². The van der Waals surface area contributed by atoms with Crippen molar-refractivity contribution in [1.29, 1.82) is 0 Å². The van der Waals surface area contributed by atoms with E-state index >= 15 is 0 Å². The molecule has 0 radical (unpaired) electrons. The molecule has 132 valence electrons. The highest BCUT2D eigenvalue weighted by Gasteiger charge is 2.24. The molecular weight excluding hydrogens is 314 g/mol. The predicted molar refractivity (Wildman–Crippen MR) is 98.4 cm³/mol. The summed E-state index contributed by atoms with van der Waals surface area (Å²) < 4.78 is 11.3. The van der Waals surface area contributed by atoms with E-state index < -0.39 is 0 Å². The van der Waals surface area contributed by atoms with Gasteiger partial charge in [-0.05, 0) is 53.6 Å². The Morgan fingerprint density at radius 1 is 0.960 bits per heavy atom. The largest absolute Gasteiger partial charge is 0.384 e. The van der Waals surface area contributed by atoms with E-state index in [4.69, 9.17) is 15.2 Å². The smallest absolute Gasteiger partial charge is 0.123 e. The van der Waals surface area contributed by atoms with Gasteiger partial charge in [-0.25, -0.2) is 4.98 Å². The van der Waals surface area contributed by atoms with Crippen LogP contribution >= 0.6 is 0 Å². The number of hydrogen-bond donors (Lipinski definition) is 2. The normalized spacial score (nSPS) is 22.0. The highest BCUT2D eigenvalue weighted by molar-refractivity contribution is 5.65. The minimum atomic E-state index is 0.244. The van der Waals surface area contributed by atoms with Gasteiger partial charge in [0.1, 0.15) is 5.82 Å². The summed E-state index contributed by atoms with van der Waals surface area (Å²) in [6, 6.07) is 10.9. The fourth-order valence-corrected chi connectivity index (χ4v) is 3.78. The van der Waals surface area contributed by atoms with Crippen molar-refractivity contribution in [3.63, 3.8) is 0 Å². The summed E-state index contributed by atoms with van der Waals surface area (Å²) in [5, 5.41) is 3.61. The number of nitrogens with two attached hydrogens (primary N) is 1. The number of pyridine rings is 1. The molecule has 0 saturated carbocycles. The number of rotatable bonds is 3. The van der Waals surface area contributed by atoms with Crippen LogP contribution in [0.2, 0.25) is 0 Å². The summed E-state index contributed by atoms with van der Waals surface area (Å²) in [7, 11) is 0. The molecule has 2 aliphatic rings. The van der Waals surface area contributed by atoms with E-state index in [0.717, 1.165) is 51.4 Å². The fourth-order valence-electron chi connectivity index (χ4n) is 3.78. The summed E-state index contributed by atoms with van der Waals surface area (Å²) in [5.74, 6) is 1.11. The van der Waals surface area contributed by atoms with Crippen LogP contribution in [0, 0.1) is 0 Å². The molecular formula is C20H25N3O2. The molecule has 4 rings (SSSR count). The minimum absolute atomic E-state index is 0.244. The number of hydrogen-bond acceptors (Lipinski definition) is 5. The van der Waals surface area contributed by atoms with Gasteiger partial charge in [-0.3, -0.25) is 0 Å². The van der Waals surface area contributed by atoms with Gasteiger partial charge in [-0.15, -0.1) is 0 Å². The van der Waals surface area contributed by atoms with Gasteiger partial charge in [0.15, 0.2) is 0 Å². The van der Waals surface area contributed by atoms with Gasteiger partial charge in [0.25, 0.3) is 0 Å². The molecule has 1 aromatic carbocycles. The Bertz CT molecular complexity index is 705. The minimum Gasteiger partial charge on any atom is -0.384 e. The lowest BCUT2D eigenvalue weighted by molar-refractivity contribution is 0.0740. The van der Waals surface area contributed by atoms with Gasteiger partial charge < -0.3 is 20.5 Å². The Morgan fingerprint density at radius 2 is 1.80 bits per heavy atom. The molecule has 3 N–H and O–H groups in total. The Kier molecular flexibility index (Phi) is 4.97. The zero-order valence-electron chi connectivity index (χ0n) is 14.4. The monoisotopic (exact) mass is 339 g/mol. The summed E-state index contributed by atoms with van der Waals surface area (Å²) in [4.78, 5) is 4.23. The average molecular weight is 339 g/mol. The van der Waals surface area contributed by atoms with Crippen molar-refractivity contribution in [3.8, 4) is 11.1 Å². The molecule has 1 atom stereocenters. The molecule has 1 unspecified atom stereocenters. The first-order valence-electron chi connectivity index (χ1n) is 9.06. The third kappa shape index (κ3) is 3.68. The Balaban J connectivity index is 1.71. The zero-order chi connectivity index (χ0) is 17.1. The number of aromatic nitrogens is 1. The first-order valence-corrected chi connectivity index (χ1v) is 9.06. The molecule has 2 saturated heterocycles. The fraction of sp³-hybridized carbons (Fsp3) is 0.450. The van der Waals surface area contributed by atoms with Crippen LogP contribution in [0.3, 0.4) is 0 Å². The molecule has 25 heavy (non-hydrogen) atoms. The molecule has 0 aliphatic carbocycles. The van der Waals surface area contributed by atoms with Crippen molar-refractivity contribution in [3.05, 3.63) is 47.7 Å². The van der Waals surface area contributed by atoms with Crippen LogP contribution in [0.5, 0.6) is 0 Å². The first-order chi connectivity index (χ1) is 12.3. The third-order valence-electron chi connectivity index (χ3n) is 5.16. The molecule has 0 spiro atoms. The van der Waals surface area contributed by atoms with E-state index in [0.29, 0.717) is 11.7 Å². The second-order valence-electron chi connectivity index (χ2n) is 6.78. The second kappa shape index (κ2) is 7.52. The summed E-state index contributed by atoms with van der Waals surface area (Å²) >= 11 is 0. The van der Waals surface area contributed by atoms with Crippen molar-refractivity contribution >= 4 is 5.82 Å². The van der Waals surface area contributed by atoms with Crippen LogP contribution in [0.25, 0.3) is 11.1 Å². The van der Waals surface area contributed by atoms with Crippen LogP contribution in [0.15, 0.2) is 36.5 Å². The van der Waals surface area contributed by atoms with Crippen LogP contribution in [0.4, 0.5) is 5.82 Å². The summed E-state index contributed by atoms with van der Waals surface area (Å²) in [6.07, 6.45) is 4.01. The number of benzene rings is 1. The highest BCUT2D eigenvalue weighted by atomic mass is 16.5. The van der Waals surface area contributed by atoms with Crippen molar-refractivity contribution in [2.45, 2.75) is 24.8 Å². The van der Waals surface area contributed by atoms with E-state index in [1.165, 1.54) is 16.7 Å². The molecule has 5 heteroatoms. The van der Waals surface area contributed by atoms with Crippen molar-refractivity contribution in [2.75, 3.05) is 38.7 Å². The maximum atomic E-state index is 5.72. The van der Waals surface area contributed by atoms with Gasteiger partial charge in [0.2, 0.25) is 0 Å². The lowest BCUT2D eigenvalue weighted by atomic mass is 9.84. The molecule has 2 fully saturated rings. The van der Waals surface area contributed by atoms with Gasteiger partial charge >= 0.3 is 0 Å². The van der Waals surface area contributed by atoms with Crippen LogP contribution in [-0.4, -0.2) is 38.0 Å². The average Bonchev–Trinajstić information content (AvgIpc) is 2.69. The number of ether oxygens (including phenoxy) is 2. The van der Waals surface area contributed by atoms with E-state index in [2.05, 4.69) is 28.5 Å². The lowest BCUT2D eigenvalue weighted by Gasteiger charge is -2.30. The Labute approximate surface area is 148 Å². The van der Waals surface area contributed by atoms with Crippen molar-refractivity contribution in [1.82, 2.24) is 10.3 Å². The molecule has 2 aliphatic heterocycles. The Hall–Kier alpha value is -1.95. The zero-order valence-corrected chi connectivity index (χ0v) is 14.4. The number of nitrogens with zero attached hydrogens (tertiary/aromatic N) is 1. The third-order valence-corrected chi connectivity index (χ3v) is 5.16. The number of nitrogen functional groups attached to an aromatic ring is 1. The van der Waals surface area contributed by atoms with Crippen LogP contribution < -0.4 is 11.1 Å². The summed E-state index contributed by atoms with van der Waals surface area (Å²) in [6.45, 7) is 4.10. The first kappa shape index (κ1) is 16.5. The number of nitrogens with one attached hydrogen (secondary N) is 1. The SMILES string of the molecule is Nc1ccc(-c2ccc(C3CCOCC3)c(C3COCCN3)c2)cn1. The molecule has 1 aromatic heterocycles. The second-order valence-corrected chi connectivity index (χ2v) is 6.78. The van der Waals surface area contributed by atoms with Gasteiger partial charge in [-0.1, -0.05) is 12.1 Å². The number of morpholine rings is 1. The molecule has 2 aromatic rings. The van der Waals surface area contributed by atoms with Crippen LogP contribution in [-0.2, 0) is 9.47 Å². The maximum Gasteiger partial charge on any atom is 0.123 e. The van der Waals surface area contributed by atoms with Crippen molar-refractivity contribution < 1.29 is 9.47 Å². The molecule has 3 heterocycles. The Morgan fingerprint density at radius 3 is 2.52 bits per heavy atom. The lowest BCUT2D eigenvalue weighted by Crippen LogP contribution is -2.35. The number of anilines is 1. The highest BCUT2D eigenvalue weighted by Crippen LogP contribution is 2.35. The van der Waals surface area contributed by atoms with Gasteiger partial charge in [0.05, 0.1) is 19.3 Å². The summed E-state index contributed by atoms with van der Waals surface area (Å²) in [5.41, 5.74) is 10.8. The standard InChI is InChI=1S/C20H25N3O2/c21-20-4-2-16(12-23-20)15-1-3-17(14-5-8-24-9-6-14)18(11-15)19-13-25-10-7-22-19/h1-4,11-12,14,19,22H,5-10,13H2,(H2,21,23).